The van der Waals surface area contributed by atoms with E-state index in [1.54, 1.807) is 10.9 Å². The van der Waals surface area contributed by atoms with Crippen LogP contribution in [0.1, 0.15) is 30.8 Å². The molecule has 0 saturated carbocycles. The molecule has 5 heteroatoms. The van der Waals surface area contributed by atoms with Crippen molar-refractivity contribution in [2.24, 2.45) is 5.92 Å². The highest BCUT2D eigenvalue weighted by atomic mass is 32.1. The molecule has 0 aromatic carbocycles. The number of hydrogen-bond acceptors (Lipinski definition) is 4. The molecule has 1 rings (SSSR count). The van der Waals surface area contributed by atoms with E-state index in [-0.39, 0.29) is 5.91 Å². The van der Waals surface area contributed by atoms with E-state index >= 15 is 0 Å². The topological polar surface area (TPSA) is 51.2 Å². The van der Waals surface area contributed by atoms with Gasteiger partial charge in [-0.15, -0.1) is 11.3 Å². The van der Waals surface area contributed by atoms with Crippen LogP contribution in [0.3, 0.4) is 0 Å². The number of hydrogen-bond donors (Lipinski definition) is 1. The summed E-state index contributed by atoms with van der Waals surface area (Å²) in [4.78, 5) is 15.3. The van der Waals surface area contributed by atoms with Crippen LogP contribution in [0.5, 0.6) is 0 Å². The first-order valence-electron chi connectivity index (χ1n) is 5.44. The summed E-state index contributed by atoms with van der Waals surface area (Å²) in [5.74, 6) is 0.526. The predicted octanol–water partition coefficient (Wildman–Crippen LogP) is 1.94. The number of nitrogens with one attached hydrogen (secondary N) is 1. The average Bonchev–Trinajstić information content (AvgIpc) is 2.75. The Labute approximate surface area is 100 Å². The molecule has 0 unspecified atom stereocenters. The van der Waals surface area contributed by atoms with Crippen LogP contribution in [-0.2, 0) is 4.74 Å². The van der Waals surface area contributed by atoms with Crippen molar-refractivity contribution in [1.82, 2.24) is 10.3 Å². The molecule has 0 aliphatic heterocycles. The fourth-order valence-electron chi connectivity index (χ4n) is 1.07. The molecule has 1 aromatic rings. The van der Waals surface area contributed by atoms with Gasteiger partial charge in [-0.25, -0.2) is 4.98 Å². The lowest BCUT2D eigenvalue weighted by Gasteiger charge is -2.06. The van der Waals surface area contributed by atoms with E-state index in [0.717, 1.165) is 13.0 Å². The maximum Gasteiger partial charge on any atom is 0.270 e. The molecule has 16 heavy (non-hydrogen) atoms. The van der Waals surface area contributed by atoms with Gasteiger partial charge in [0.2, 0.25) is 0 Å². The molecule has 0 saturated heterocycles. The number of nitrogens with zero attached hydrogens (tertiary/aromatic N) is 1. The Morgan fingerprint density at radius 3 is 3.00 bits per heavy atom. The van der Waals surface area contributed by atoms with Crippen LogP contribution in [0.25, 0.3) is 0 Å². The molecule has 0 bridgehead atoms. The van der Waals surface area contributed by atoms with E-state index in [2.05, 4.69) is 24.1 Å². The van der Waals surface area contributed by atoms with Gasteiger partial charge in [0.05, 0.1) is 12.1 Å². The Hall–Kier alpha value is -0.940. The number of carbonyl (C=O) groups excluding carboxylic acids is 1. The summed E-state index contributed by atoms with van der Waals surface area (Å²) in [7, 11) is 0. The van der Waals surface area contributed by atoms with E-state index in [1.807, 2.05) is 0 Å². The first-order chi connectivity index (χ1) is 7.70. The summed E-state index contributed by atoms with van der Waals surface area (Å²) >= 11 is 1.42. The van der Waals surface area contributed by atoms with Crippen LogP contribution in [0, 0.1) is 5.92 Å². The third-order valence-corrected chi connectivity index (χ3v) is 2.62. The molecule has 1 N–H and O–H groups in total. The molecule has 0 spiro atoms. The average molecular weight is 242 g/mol. The Morgan fingerprint density at radius 1 is 1.56 bits per heavy atom. The Kier molecular flexibility index (Phi) is 6.03. The highest BCUT2D eigenvalue weighted by Crippen LogP contribution is 2.00. The van der Waals surface area contributed by atoms with Gasteiger partial charge in [0.1, 0.15) is 5.69 Å². The summed E-state index contributed by atoms with van der Waals surface area (Å²) < 4.78 is 5.38. The van der Waals surface area contributed by atoms with Crippen LogP contribution in [0.15, 0.2) is 10.9 Å². The van der Waals surface area contributed by atoms with E-state index in [1.165, 1.54) is 11.3 Å². The SMILES string of the molecule is CC(C)CCOCCNC(=O)c1cscn1. The molecule has 0 atom stereocenters. The van der Waals surface area contributed by atoms with Gasteiger partial charge in [0, 0.05) is 18.5 Å². The predicted molar refractivity (Wildman–Crippen MR) is 64.7 cm³/mol. The van der Waals surface area contributed by atoms with E-state index in [4.69, 9.17) is 4.74 Å². The second-order valence-corrected chi connectivity index (χ2v) is 4.64. The second kappa shape index (κ2) is 7.35. The first-order valence-corrected chi connectivity index (χ1v) is 6.38. The van der Waals surface area contributed by atoms with Gasteiger partial charge in [-0.05, 0) is 12.3 Å². The monoisotopic (exact) mass is 242 g/mol. The van der Waals surface area contributed by atoms with E-state index in [9.17, 15) is 4.79 Å². The quantitative estimate of drug-likeness (QED) is 0.743. The molecular formula is C11H18N2O2S. The van der Waals surface area contributed by atoms with Crippen LogP contribution in [0.2, 0.25) is 0 Å². The molecule has 0 fully saturated rings. The van der Waals surface area contributed by atoms with Crippen molar-refractivity contribution in [2.45, 2.75) is 20.3 Å². The smallest absolute Gasteiger partial charge is 0.270 e. The van der Waals surface area contributed by atoms with Crippen LogP contribution in [0.4, 0.5) is 0 Å². The van der Waals surface area contributed by atoms with Crippen molar-refractivity contribution >= 4 is 17.2 Å². The van der Waals surface area contributed by atoms with Crippen molar-refractivity contribution in [3.05, 3.63) is 16.6 Å². The molecule has 1 amide bonds. The summed E-state index contributed by atoms with van der Waals surface area (Å²) in [6.07, 6.45) is 1.06. The van der Waals surface area contributed by atoms with Gasteiger partial charge in [-0.3, -0.25) is 4.79 Å². The number of thiazole rings is 1. The Balaban J connectivity index is 2.01. The van der Waals surface area contributed by atoms with Crippen LogP contribution < -0.4 is 5.32 Å². The highest BCUT2D eigenvalue weighted by molar-refractivity contribution is 7.07. The number of amides is 1. The fourth-order valence-corrected chi connectivity index (χ4v) is 1.61. The van der Waals surface area contributed by atoms with Gasteiger partial charge in [0.25, 0.3) is 5.91 Å². The molecule has 4 nitrogen and oxygen atoms in total. The fraction of sp³-hybridized carbons (Fsp3) is 0.636. The van der Waals surface area contributed by atoms with Gasteiger partial charge in [-0.1, -0.05) is 13.8 Å². The lowest BCUT2D eigenvalue weighted by atomic mass is 10.1. The normalized spacial score (nSPS) is 10.7. The lowest BCUT2D eigenvalue weighted by Crippen LogP contribution is -2.27. The second-order valence-electron chi connectivity index (χ2n) is 3.92. The van der Waals surface area contributed by atoms with Gasteiger partial charge in [-0.2, -0.15) is 0 Å². The number of aromatic nitrogens is 1. The zero-order valence-electron chi connectivity index (χ0n) is 9.73. The Morgan fingerprint density at radius 2 is 2.38 bits per heavy atom. The summed E-state index contributed by atoms with van der Waals surface area (Å²) in [6, 6.07) is 0. The molecular weight excluding hydrogens is 224 g/mol. The largest absolute Gasteiger partial charge is 0.380 e. The minimum absolute atomic E-state index is 0.131. The van der Waals surface area contributed by atoms with Crippen molar-refractivity contribution in [3.63, 3.8) is 0 Å². The maximum atomic E-state index is 11.4. The summed E-state index contributed by atoms with van der Waals surface area (Å²) in [5.41, 5.74) is 2.13. The molecule has 1 heterocycles. The van der Waals surface area contributed by atoms with Crippen molar-refractivity contribution < 1.29 is 9.53 Å². The minimum Gasteiger partial charge on any atom is -0.380 e. The zero-order chi connectivity index (χ0) is 11.8. The number of rotatable bonds is 7. The van der Waals surface area contributed by atoms with Crippen molar-refractivity contribution in [1.29, 1.82) is 0 Å². The van der Waals surface area contributed by atoms with Gasteiger partial charge in [0.15, 0.2) is 0 Å². The standard InChI is InChI=1S/C11H18N2O2S/c1-9(2)3-5-15-6-4-12-11(14)10-7-16-8-13-10/h7-9H,3-6H2,1-2H3,(H,12,14). The van der Waals surface area contributed by atoms with E-state index in [0.29, 0.717) is 24.8 Å². The lowest BCUT2D eigenvalue weighted by molar-refractivity contribution is 0.0902. The summed E-state index contributed by atoms with van der Waals surface area (Å²) in [6.45, 7) is 6.17. The van der Waals surface area contributed by atoms with Crippen molar-refractivity contribution in [3.8, 4) is 0 Å². The van der Waals surface area contributed by atoms with E-state index < -0.39 is 0 Å². The number of carbonyl (C=O) groups is 1. The third-order valence-electron chi connectivity index (χ3n) is 2.04. The van der Waals surface area contributed by atoms with Crippen molar-refractivity contribution in [2.75, 3.05) is 19.8 Å². The molecule has 0 aliphatic carbocycles. The maximum absolute atomic E-state index is 11.4. The third kappa shape index (κ3) is 5.23. The highest BCUT2D eigenvalue weighted by Gasteiger charge is 2.05. The zero-order valence-corrected chi connectivity index (χ0v) is 10.5. The summed E-state index contributed by atoms with van der Waals surface area (Å²) in [5, 5.41) is 4.48. The van der Waals surface area contributed by atoms with Crippen LogP contribution >= 0.6 is 11.3 Å². The van der Waals surface area contributed by atoms with Crippen LogP contribution in [-0.4, -0.2) is 30.6 Å². The molecule has 90 valence electrons. The molecule has 1 aromatic heterocycles. The first kappa shape index (κ1) is 13.1. The molecule has 0 radical (unpaired) electrons. The van der Waals surface area contributed by atoms with Gasteiger partial charge >= 0.3 is 0 Å². The number of ether oxygens (including phenoxy) is 1. The minimum atomic E-state index is -0.131. The Bertz CT molecular complexity index is 299. The van der Waals surface area contributed by atoms with Gasteiger partial charge < -0.3 is 10.1 Å². The molecule has 0 aliphatic rings.